The molecule has 0 aliphatic heterocycles. The smallest absolute Gasteiger partial charge is 0.247 e. The van der Waals surface area contributed by atoms with Crippen molar-refractivity contribution in [2.24, 2.45) is 7.05 Å². The molecule has 3 aromatic rings. The number of hydrogen-bond acceptors (Lipinski definition) is 3. The lowest BCUT2D eigenvalue weighted by atomic mass is 10.0. The number of amides is 1. The zero-order valence-electron chi connectivity index (χ0n) is 14.3. The first-order valence-electron chi connectivity index (χ1n) is 8.04. The molecule has 0 saturated carbocycles. The molecule has 0 aliphatic carbocycles. The van der Waals surface area contributed by atoms with E-state index >= 15 is 0 Å². The van der Waals surface area contributed by atoms with Crippen LogP contribution in [0.1, 0.15) is 22.9 Å². The number of benzene rings is 1. The van der Waals surface area contributed by atoms with Gasteiger partial charge in [-0.25, -0.2) is 0 Å². The van der Waals surface area contributed by atoms with Gasteiger partial charge in [-0.2, -0.15) is 5.10 Å². The molecule has 0 aliphatic rings. The van der Waals surface area contributed by atoms with E-state index in [1.54, 1.807) is 41.2 Å². The van der Waals surface area contributed by atoms with Gasteiger partial charge in [0.1, 0.15) is 0 Å². The van der Waals surface area contributed by atoms with E-state index in [1.165, 1.54) is 0 Å². The fraction of sp³-hybridized carbons (Fsp3) is 0.150. The summed E-state index contributed by atoms with van der Waals surface area (Å²) in [5, 5.41) is 4.10. The predicted octanol–water partition coefficient (Wildman–Crippen LogP) is 3.08. The fourth-order valence-electron chi connectivity index (χ4n) is 2.70. The Morgan fingerprint density at radius 1 is 1.16 bits per heavy atom. The molecule has 1 unspecified atom stereocenters. The quantitative estimate of drug-likeness (QED) is 0.675. The second-order valence-electron chi connectivity index (χ2n) is 5.80. The number of hydrogen-bond donors (Lipinski definition) is 0. The van der Waals surface area contributed by atoms with Crippen molar-refractivity contribution in [2.75, 3.05) is 7.05 Å². The van der Waals surface area contributed by atoms with E-state index in [9.17, 15) is 4.79 Å². The molecule has 0 spiro atoms. The average Bonchev–Trinajstić information content (AvgIpc) is 3.07. The standard InChI is InChI=1S/C20H20N4O/c1-23-15-16(14-22-23)11-12-19(25)24(2)20(17-8-4-3-5-9-17)18-10-6-7-13-21-18/h3-15,20H,1-2H3. The van der Waals surface area contributed by atoms with Gasteiger partial charge in [0.2, 0.25) is 5.91 Å². The first kappa shape index (κ1) is 16.6. The summed E-state index contributed by atoms with van der Waals surface area (Å²) in [6, 6.07) is 15.4. The molecule has 0 saturated heterocycles. The van der Waals surface area contributed by atoms with Crippen LogP contribution in [0.3, 0.4) is 0 Å². The highest BCUT2D eigenvalue weighted by Gasteiger charge is 2.23. The summed E-state index contributed by atoms with van der Waals surface area (Å²) in [6.45, 7) is 0. The third-order valence-electron chi connectivity index (χ3n) is 3.96. The van der Waals surface area contributed by atoms with Crippen molar-refractivity contribution in [3.05, 3.63) is 90.0 Å². The maximum atomic E-state index is 12.7. The van der Waals surface area contributed by atoms with Crippen molar-refractivity contribution < 1.29 is 4.79 Å². The minimum Gasteiger partial charge on any atom is -0.329 e. The fourth-order valence-corrected chi connectivity index (χ4v) is 2.70. The number of pyridine rings is 1. The van der Waals surface area contributed by atoms with Gasteiger partial charge in [-0.15, -0.1) is 0 Å². The molecule has 126 valence electrons. The van der Waals surface area contributed by atoms with E-state index in [4.69, 9.17) is 0 Å². The molecular weight excluding hydrogens is 312 g/mol. The highest BCUT2D eigenvalue weighted by atomic mass is 16.2. The molecule has 2 aromatic heterocycles. The van der Waals surface area contributed by atoms with Crippen LogP contribution in [0, 0.1) is 0 Å². The number of aryl methyl sites for hydroxylation is 1. The van der Waals surface area contributed by atoms with Crippen molar-refractivity contribution in [1.82, 2.24) is 19.7 Å². The first-order chi connectivity index (χ1) is 12.1. The normalized spacial score (nSPS) is 12.2. The molecule has 0 fully saturated rings. The Kier molecular flexibility index (Phi) is 5.04. The lowest BCUT2D eigenvalue weighted by molar-refractivity contribution is -0.126. The Morgan fingerprint density at radius 3 is 2.56 bits per heavy atom. The Hall–Kier alpha value is -3.21. The Bertz CT molecular complexity index is 816. The lowest BCUT2D eigenvalue weighted by Crippen LogP contribution is -2.31. The summed E-state index contributed by atoms with van der Waals surface area (Å²) in [6.07, 6.45) is 8.66. The monoisotopic (exact) mass is 332 g/mol. The maximum absolute atomic E-state index is 12.7. The Morgan fingerprint density at radius 2 is 1.92 bits per heavy atom. The van der Waals surface area contributed by atoms with Gasteiger partial charge in [0.15, 0.2) is 0 Å². The molecule has 5 heteroatoms. The van der Waals surface area contributed by atoms with Crippen LogP contribution < -0.4 is 0 Å². The molecule has 1 amide bonds. The number of carbonyl (C=O) groups excluding carboxylic acids is 1. The van der Waals surface area contributed by atoms with Crippen molar-refractivity contribution in [3.8, 4) is 0 Å². The summed E-state index contributed by atoms with van der Waals surface area (Å²) in [5.41, 5.74) is 2.74. The van der Waals surface area contributed by atoms with Gasteiger partial charge >= 0.3 is 0 Å². The van der Waals surface area contributed by atoms with Crippen LogP contribution in [-0.2, 0) is 11.8 Å². The third kappa shape index (κ3) is 4.01. The topological polar surface area (TPSA) is 51.0 Å². The first-order valence-corrected chi connectivity index (χ1v) is 8.04. The summed E-state index contributed by atoms with van der Waals surface area (Å²) in [4.78, 5) is 18.8. The van der Waals surface area contributed by atoms with E-state index in [1.807, 2.05) is 61.8 Å². The Balaban J connectivity index is 1.87. The summed E-state index contributed by atoms with van der Waals surface area (Å²) in [5.74, 6) is -0.0941. The van der Waals surface area contributed by atoms with Gasteiger partial charge in [0.25, 0.3) is 0 Å². The number of nitrogens with zero attached hydrogens (tertiary/aromatic N) is 4. The number of carbonyl (C=O) groups is 1. The van der Waals surface area contributed by atoms with Gasteiger partial charge < -0.3 is 4.90 Å². The second kappa shape index (κ2) is 7.57. The molecule has 0 radical (unpaired) electrons. The molecule has 1 atom stereocenters. The summed E-state index contributed by atoms with van der Waals surface area (Å²) >= 11 is 0. The number of aromatic nitrogens is 3. The average molecular weight is 332 g/mol. The SMILES string of the molecule is CN(C(=O)C=Cc1cnn(C)c1)C(c1ccccc1)c1ccccn1. The summed E-state index contributed by atoms with van der Waals surface area (Å²) in [7, 11) is 3.64. The van der Waals surface area contributed by atoms with E-state index in [-0.39, 0.29) is 11.9 Å². The molecule has 1 aromatic carbocycles. The van der Waals surface area contributed by atoms with Gasteiger partial charge in [-0.05, 0) is 23.8 Å². The molecule has 5 nitrogen and oxygen atoms in total. The molecule has 0 bridgehead atoms. The van der Waals surface area contributed by atoms with E-state index < -0.39 is 0 Å². The number of rotatable bonds is 5. The van der Waals surface area contributed by atoms with Crippen LogP contribution >= 0.6 is 0 Å². The van der Waals surface area contributed by atoms with Gasteiger partial charge in [0, 0.05) is 38.1 Å². The van der Waals surface area contributed by atoms with E-state index in [0.29, 0.717) is 0 Å². The zero-order valence-corrected chi connectivity index (χ0v) is 14.3. The van der Waals surface area contributed by atoms with E-state index in [0.717, 1.165) is 16.8 Å². The van der Waals surface area contributed by atoms with Crippen molar-refractivity contribution >= 4 is 12.0 Å². The van der Waals surface area contributed by atoms with E-state index in [2.05, 4.69) is 10.1 Å². The van der Waals surface area contributed by atoms with Crippen LogP contribution in [0.25, 0.3) is 6.08 Å². The highest BCUT2D eigenvalue weighted by molar-refractivity contribution is 5.92. The van der Waals surface area contributed by atoms with Gasteiger partial charge in [0.05, 0.1) is 17.9 Å². The molecule has 3 rings (SSSR count). The third-order valence-corrected chi connectivity index (χ3v) is 3.96. The molecule has 2 heterocycles. The summed E-state index contributed by atoms with van der Waals surface area (Å²) < 4.78 is 1.70. The predicted molar refractivity (Wildman–Crippen MR) is 97.5 cm³/mol. The number of likely N-dealkylation sites (N-methyl/N-ethyl adjacent to an activating group) is 1. The zero-order chi connectivity index (χ0) is 17.6. The van der Waals surface area contributed by atoms with Gasteiger partial charge in [-0.1, -0.05) is 36.4 Å². The molecule has 0 N–H and O–H groups in total. The maximum Gasteiger partial charge on any atom is 0.247 e. The molecule has 25 heavy (non-hydrogen) atoms. The van der Waals surface area contributed by atoms with Crippen LogP contribution in [-0.4, -0.2) is 32.6 Å². The molecular formula is C20H20N4O. The lowest BCUT2D eigenvalue weighted by Gasteiger charge is -2.27. The minimum atomic E-state index is -0.242. The van der Waals surface area contributed by atoms with Crippen molar-refractivity contribution in [3.63, 3.8) is 0 Å². The van der Waals surface area contributed by atoms with Crippen LogP contribution in [0.4, 0.5) is 0 Å². The van der Waals surface area contributed by atoms with Crippen LogP contribution in [0.15, 0.2) is 73.2 Å². The van der Waals surface area contributed by atoms with Gasteiger partial charge in [-0.3, -0.25) is 14.5 Å². The van der Waals surface area contributed by atoms with Crippen LogP contribution in [0.5, 0.6) is 0 Å². The largest absolute Gasteiger partial charge is 0.329 e. The van der Waals surface area contributed by atoms with Crippen LogP contribution in [0.2, 0.25) is 0 Å². The Labute approximate surface area is 147 Å². The van der Waals surface area contributed by atoms with Crippen molar-refractivity contribution in [1.29, 1.82) is 0 Å². The van der Waals surface area contributed by atoms with Crippen molar-refractivity contribution in [2.45, 2.75) is 6.04 Å². The highest BCUT2D eigenvalue weighted by Crippen LogP contribution is 2.26. The second-order valence-corrected chi connectivity index (χ2v) is 5.80. The minimum absolute atomic E-state index is 0.0941.